The zero-order valence-corrected chi connectivity index (χ0v) is 20.8. The van der Waals surface area contributed by atoms with Gasteiger partial charge in [-0.25, -0.2) is 0 Å². The first kappa shape index (κ1) is 21.7. The van der Waals surface area contributed by atoms with Gasteiger partial charge in [-0.05, 0) is 96.2 Å². The first-order valence-corrected chi connectivity index (χ1v) is 12.3. The molecule has 0 amide bonds. The third kappa shape index (κ3) is 3.04. The molecule has 1 aliphatic carbocycles. The van der Waals surface area contributed by atoms with Gasteiger partial charge in [0.15, 0.2) is 0 Å². The summed E-state index contributed by atoms with van der Waals surface area (Å²) in [6.07, 6.45) is 2.09. The van der Waals surface area contributed by atoms with Crippen LogP contribution in [0.3, 0.4) is 0 Å². The molecule has 1 aliphatic rings. The first-order valence-electron chi connectivity index (χ1n) is 12.3. The van der Waals surface area contributed by atoms with Crippen LogP contribution in [0, 0.1) is 27.7 Å². The Kier molecular flexibility index (Phi) is 5.28. The van der Waals surface area contributed by atoms with Crippen molar-refractivity contribution in [3.8, 4) is 11.1 Å². The molecule has 0 saturated carbocycles. The summed E-state index contributed by atoms with van der Waals surface area (Å²) >= 11 is 0. The molecule has 5 rings (SSSR count). The summed E-state index contributed by atoms with van der Waals surface area (Å²) < 4.78 is 0. The van der Waals surface area contributed by atoms with E-state index in [9.17, 15) is 0 Å². The second-order valence-electron chi connectivity index (χ2n) is 9.73. The molecule has 0 aliphatic heterocycles. The molecular formula is C33H34. The second kappa shape index (κ2) is 8.03. The molecule has 0 aromatic heterocycles. The Balaban J connectivity index is 2.04. The van der Waals surface area contributed by atoms with E-state index in [1.54, 1.807) is 0 Å². The van der Waals surface area contributed by atoms with E-state index in [0.29, 0.717) is 0 Å². The number of rotatable bonds is 4. The van der Waals surface area contributed by atoms with Crippen molar-refractivity contribution in [1.82, 2.24) is 0 Å². The van der Waals surface area contributed by atoms with Crippen molar-refractivity contribution in [3.05, 3.63) is 128 Å². The lowest BCUT2D eigenvalue weighted by molar-refractivity contribution is 0.746. The van der Waals surface area contributed by atoms with Crippen molar-refractivity contribution in [3.63, 3.8) is 0 Å². The highest BCUT2D eigenvalue weighted by molar-refractivity contribution is 5.87. The maximum Gasteiger partial charge on any atom is 0.0719 e. The van der Waals surface area contributed by atoms with Gasteiger partial charge in [0.05, 0.1) is 5.41 Å². The van der Waals surface area contributed by atoms with E-state index in [-0.39, 0.29) is 5.41 Å². The first-order chi connectivity index (χ1) is 15.9. The summed E-state index contributed by atoms with van der Waals surface area (Å²) in [4.78, 5) is 0. The Hall–Kier alpha value is -3.12. The Morgan fingerprint density at radius 3 is 1.33 bits per heavy atom. The van der Waals surface area contributed by atoms with Gasteiger partial charge in [0.25, 0.3) is 0 Å². The van der Waals surface area contributed by atoms with Crippen LogP contribution in [0.2, 0.25) is 0 Å². The van der Waals surface area contributed by atoms with E-state index in [4.69, 9.17) is 0 Å². The molecule has 33 heavy (non-hydrogen) atoms. The average Bonchev–Trinajstić information content (AvgIpc) is 3.08. The van der Waals surface area contributed by atoms with Crippen LogP contribution in [0.1, 0.15) is 69.5 Å². The van der Waals surface area contributed by atoms with Gasteiger partial charge in [-0.1, -0.05) is 97.8 Å². The predicted molar refractivity (Wildman–Crippen MR) is 141 cm³/mol. The van der Waals surface area contributed by atoms with E-state index in [1.807, 2.05) is 0 Å². The zero-order chi connectivity index (χ0) is 23.3. The van der Waals surface area contributed by atoms with Crippen LogP contribution in [0.5, 0.6) is 0 Å². The van der Waals surface area contributed by atoms with E-state index >= 15 is 0 Å². The SMILES string of the molecule is CCc1cccc(C2(c3cccc(CC)c3C)c3cc(C)ccc3-c3ccc(C)cc32)c1C. The monoisotopic (exact) mass is 430 g/mol. The molecular weight excluding hydrogens is 396 g/mol. The Morgan fingerprint density at radius 2 is 0.939 bits per heavy atom. The topological polar surface area (TPSA) is 0 Å². The van der Waals surface area contributed by atoms with Gasteiger partial charge in [0.2, 0.25) is 0 Å². The van der Waals surface area contributed by atoms with E-state index in [2.05, 4.69) is 114 Å². The molecule has 166 valence electrons. The number of benzene rings is 4. The standard InChI is InChI=1S/C33H34/c1-7-25-11-9-13-29(23(25)5)33(30-14-10-12-26(8-2)24(30)6)31-19-21(3)15-17-27(31)28-18-16-22(4)20-32(28)33/h9-20H,7-8H2,1-6H3. The quantitative estimate of drug-likeness (QED) is 0.268. The van der Waals surface area contributed by atoms with Gasteiger partial charge < -0.3 is 0 Å². The van der Waals surface area contributed by atoms with E-state index in [1.165, 1.54) is 66.8 Å². The minimum absolute atomic E-state index is 0.312. The molecule has 0 unspecified atom stereocenters. The summed E-state index contributed by atoms with van der Waals surface area (Å²) in [5.74, 6) is 0. The fourth-order valence-electron chi connectivity index (χ4n) is 6.22. The van der Waals surface area contributed by atoms with Gasteiger partial charge in [-0.3, -0.25) is 0 Å². The van der Waals surface area contributed by atoms with Gasteiger partial charge in [0, 0.05) is 0 Å². The largest absolute Gasteiger partial charge is 0.0719 e. The molecule has 4 aromatic rings. The van der Waals surface area contributed by atoms with Crippen LogP contribution in [0.15, 0.2) is 72.8 Å². The molecule has 0 saturated heterocycles. The molecule has 0 atom stereocenters. The van der Waals surface area contributed by atoms with Crippen LogP contribution in [0.25, 0.3) is 11.1 Å². The Morgan fingerprint density at radius 1 is 0.515 bits per heavy atom. The Bertz CT molecular complexity index is 1260. The molecule has 0 heterocycles. The molecule has 0 radical (unpaired) electrons. The minimum atomic E-state index is -0.312. The van der Waals surface area contributed by atoms with Crippen LogP contribution in [-0.2, 0) is 18.3 Å². The summed E-state index contributed by atoms with van der Waals surface area (Å²) in [5, 5.41) is 0. The molecule has 0 fully saturated rings. The third-order valence-corrected chi connectivity index (χ3v) is 7.91. The number of fused-ring (bicyclic) bond motifs is 3. The van der Waals surface area contributed by atoms with Crippen LogP contribution in [0.4, 0.5) is 0 Å². The third-order valence-electron chi connectivity index (χ3n) is 7.91. The van der Waals surface area contributed by atoms with Crippen molar-refractivity contribution in [2.75, 3.05) is 0 Å². The van der Waals surface area contributed by atoms with Gasteiger partial charge in [-0.15, -0.1) is 0 Å². The fourth-order valence-corrected chi connectivity index (χ4v) is 6.22. The molecule has 0 nitrogen and oxygen atoms in total. The van der Waals surface area contributed by atoms with Crippen LogP contribution in [-0.4, -0.2) is 0 Å². The maximum absolute atomic E-state index is 2.45. The van der Waals surface area contributed by atoms with Crippen molar-refractivity contribution in [2.24, 2.45) is 0 Å². The van der Waals surface area contributed by atoms with Crippen LogP contribution >= 0.6 is 0 Å². The lowest BCUT2D eigenvalue weighted by Crippen LogP contribution is -2.31. The number of hydrogen-bond acceptors (Lipinski definition) is 0. The van der Waals surface area contributed by atoms with Crippen LogP contribution < -0.4 is 0 Å². The molecule has 0 heteroatoms. The highest BCUT2D eigenvalue weighted by Gasteiger charge is 2.47. The van der Waals surface area contributed by atoms with E-state index in [0.717, 1.165) is 12.8 Å². The molecule has 0 bridgehead atoms. The highest BCUT2D eigenvalue weighted by atomic mass is 14.5. The van der Waals surface area contributed by atoms with Crippen molar-refractivity contribution in [1.29, 1.82) is 0 Å². The van der Waals surface area contributed by atoms with Crippen molar-refractivity contribution >= 4 is 0 Å². The predicted octanol–water partition coefficient (Wildman–Crippen LogP) is 8.41. The lowest BCUT2D eigenvalue weighted by Gasteiger charge is -2.37. The maximum atomic E-state index is 2.45. The molecule has 0 spiro atoms. The highest BCUT2D eigenvalue weighted by Crippen LogP contribution is 2.58. The van der Waals surface area contributed by atoms with Crippen molar-refractivity contribution < 1.29 is 0 Å². The fraction of sp³-hybridized carbons (Fsp3) is 0.273. The number of hydrogen-bond donors (Lipinski definition) is 0. The zero-order valence-electron chi connectivity index (χ0n) is 20.8. The smallest absolute Gasteiger partial charge is 0.0616 e. The van der Waals surface area contributed by atoms with E-state index < -0.39 is 0 Å². The summed E-state index contributed by atoms with van der Waals surface area (Å²) in [7, 11) is 0. The normalized spacial score (nSPS) is 13.6. The lowest BCUT2D eigenvalue weighted by atomic mass is 9.64. The average molecular weight is 431 g/mol. The van der Waals surface area contributed by atoms with Gasteiger partial charge in [0.1, 0.15) is 0 Å². The van der Waals surface area contributed by atoms with Gasteiger partial charge in [-0.2, -0.15) is 0 Å². The summed E-state index contributed by atoms with van der Waals surface area (Å²) in [6.45, 7) is 13.7. The minimum Gasteiger partial charge on any atom is -0.0616 e. The Labute approximate surface area is 199 Å². The second-order valence-corrected chi connectivity index (χ2v) is 9.73. The van der Waals surface area contributed by atoms with Crippen molar-refractivity contribution in [2.45, 2.75) is 59.8 Å². The number of aryl methyl sites for hydroxylation is 4. The molecule has 4 aromatic carbocycles. The summed E-state index contributed by atoms with van der Waals surface area (Å²) in [5.41, 5.74) is 16.5. The van der Waals surface area contributed by atoms with Gasteiger partial charge >= 0.3 is 0 Å². The summed E-state index contributed by atoms with van der Waals surface area (Å²) in [6, 6.07) is 28.0. The molecule has 0 N–H and O–H groups in total.